The van der Waals surface area contributed by atoms with Crippen LogP contribution in [-0.4, -0.2) is 14.2 Å². The van der Waals surface area contributed by atoms with Gasteiger partial charge in [-0.15, -0.1) is 0 Å². The van der Waals surface area contributed by atoms with E-state index >= 15 is 0 Å². The maximum atomic E-state index is 5.07. The minimum Gasteiger partial charge on any atom is -0.495 e. The number of methoxy groups -OCH3 is 1. The van der Waals surface area contributed by atoms with Crippen molar-refractivity contribution in [1.82, 2.24) is 0 Å². The predicted molar refractivity (Wildman–Crippen MR) is 53.9 cm³/mol. The Morgan fingerprint density at radius 1 is 1.17 bits per heavy atom. The first-order valence-corrected chi connectivity index (χ1v) is 4.19. The molecule has 0 spiro atoms. The molecular formula is C10H17NO. The molecule has 0 aliphatic heterocycles. The highest BCUT2D eigenvalue weighted by molar-refractivity contribution is 5.55. The molecule has 0 amide bonds. The normalized spacial score (nSPS) is 8.00. The van der Waals surface area contributed by atoms with Gasteiger partial charge in [0.25, 0.3) is 0 Å². The highest BCUT2D eigenvalue weighted by atomic mass is 16.5. The molecule has 0 aliphatic carbocycles. The van der Waals surface area contributed by atoms with Gasteiger partial charge in [-0.25, -0.2) is 0 Å². The monoisotopic (exact) mass is 167 g/mol. The minimum atomic E-state index is 0.880. The van der Waals surface area contributed by atoms with Crippen LogP contribution in [0.25, 0.3) is 0 Å². The first-order chi connectivity index (χ1) is 5.88. The van der Waals surface area contributed by atoms with Crippen LogP contribution < -0.4 is 10.1 Å². The lowest BCUT2D eigenvalue weighted by molar-refractivity contribution is 0.416. The number of ether oxygens (including phenoxy) is 1. The average Bonchev–Trinajstić information content (AvgIpc) is 2.20. The fourth-order valence-electron chi connectivity index (χ4n) is 0.851. The minimum absolute atomic E-state index is 0.880. The van der Waals surface area contributed by atoms with Crippen molar-refractivity contribution >= 4 is 5.69 Å². The Bertz CT molecular complexity index is 188. The smallest absolute Gasteiger partial charge is 0.141 e. The summed E-state index contributed by atoms with van der Waals surface area (Å²) in [5.41, 5.74) is 1.02. The fraction of sp³-hybridized carbons (Fsp3) is 0.400. The Balaban J connectivity index is 0.000000561. The van der Waals surface area contributed by atoms with Crippen molar-refractivity contribution < 1.29 is 4.74 Å². The van der Waals surface area contributed by atoms with E-state index in [1.54, 1.807) is 7.11 Å². The molecule has 0 aliphatic rings. The quantitative estimate of drug-likeness (QED) is 0.731. The van der Waals surface area contributed by atoms with Crippen LogP contribution in [0.4, 0.5) is 5.69 Å². The summed E-state index contributed by atoms with van der Waals surface area (Å²) in [6, 6.07) is 7.80. The molecule has 0 aromatic heterocycles. The van der Waals surface area contributed by atoms with Crippen molar-refractivity contribution in [2.75, 3.05) is 19.5 Å². The lowest BCUT2D eigenvalue weighted by Crippen LogP contribution is -1.91. The van der Waals surface area contributed by atoms with Gasteiger partial charge in [0, 0.05) is 7.05 Å². The molecule has 0 saturated heterocycles. The molecule has 0 radical (unpaired) electrons. The zero-order valence-corrected chi connectivity index (χ0v) is 8.22. The van der Waals surface area contributed by atoms with Crippen molar-refractivity contribution in [3.8, 4) is 5.75 Å². The molecule has 0 heterocycles. The second-order valence-electron chi connectivity index (χ2n) is 1.95. The van der Waals surface area contributed by atoms with Crippen LogP contribution in [0.2, 0.25) is 0 Å². The van der Waals surface area contributed by atoms with Crippen LogP contribution >= 0.6 is 0 Å². The number of para-hydroxylation sites is 2. The second-order valence-corrected chi connectivity index (χ2v) is 1.95. The summed E-state index contributed by atoms with van der Waals surface area (Å²) in [7, 11) is 3.54. The van der Waals surface area contributed by atoms with E-state index in [1.165, 1.54) is 0 Å². The summed E-state index contributed by atoms with van der Waals surface area (Å²) >= 11 is 0. The molecule has 0 bridgehead atoms. The van der Waals surface area contributed by atoms with Crippen molar-refractivity contribution in [3.05, 3.63) is 24.3 Å². The molecule has 1 rings (SSSR count). The summed E-state index contributed by atoms with van der Waals surface area (Å²) < 4.78 is 5.07. The molecule has 0 atom stereocenters. The molecule has 2 nitrogen and oxygen atoms in total. The number of nitrogens with one attached hydrogen (secondary N) is 1. The van der Waals surface area contributed by atoms with Gasteiger partial charge in [-0.2, -0.15) is 0 Å². The maximum absolute atomic E-state index is 5.07. The molecule has 2 heteroatoms. The second kappa shape index (κ2) is 6.53. The van der Waals surface area contributed by atoms with Crippen LogP contribution in [0, 0.1) is 0 Å². The van der Waals surface area contributed by atoms with Crippen LogP contribution in [0.3, 0.4) is 0 Å². The van der Waals surface area contributed by atoms with E-state index in [9.17, 15) is 0 Å². The first kappa shape index (κ1) is 10.8. The van der Waals surface area contributed by atoms with Gasteiger partial charge in [0.1, 0.15) is 5.75 Å². The van der Waals surface area contributed by atoms with E-state index in [1.807, 2.05) is 45.2 Å². The third-order valence-electron chi connectivity index (χ3n) is 1.38. The highest BCUT2D eigenvalue weighted by Crippen LogP contribution is 2.21. The zero-order chi connectivity index (χ0) is 9.40. The molecule has 0 fully saturated rings. The van der Waals surface area contributed by atoms with Crippen molar-refractivity contribution in [1.29, 1.82) is 0 Å². The summed E-state index contributed by atoms with van der Waals surface area (Å²) in [4.78, 5) is 0. The first-order valence-electron chi connectivity index (χ1n) is 4.19. The number of hydrogen-bond acceptors (Lipinski definition) is 2. The van der Waals surface area contributed by atoms with Gasteiger partial charge >= 0.3 is 0 Å². The third kappa shape index (κ3) is 2.82. The van der Waals surface area contributed by atoms with Gasteiger partial charge in [0.05, 0.1) is 12.8 Å². The van der Waals surface area contributed by atoms with Gasteiger partial charge in [0.15, 0.2) is 0 Å². The summed E-state index contributed by atoms with van der Waals surface area (Å²) in [6.45, 7) is 4.00. The average molecular weight is 167 g/mol. The van der Waals surface area contributed by atoms with E-state index in [4.69, 9.17) is 4.74 Å². The lowest BCUT2D eigenvalue weighted by Gasteiger charge is -2.05. The number of rotatable bonds is 2. The number of benzene rings is 1. The Labute approximate surface area is 74.6 Å². The number of hydrogen-bond donors (Lipinski definition) is 1. The largest absolute Gasteiger partial charge is 0.495 e. The van der Waals surface area contributed by atoms with Gasteiger partial charge in [-0.3, -0.25) is 0 Å². The maximum Gasteiger partial charge on any atom is 0.141 e. The molecule has 1 N–H and O–H groups in total. The molecule has 0 saturated carbocycles. The standard InChI is InChI=1S/C8H11NO.C2H6/c1-9-7-5-3-4-6-8(7)10-2;1-2/h3-6,9H,1-2H3;1-2H3. The van der Waals surface area contributed by atoms with Crippen LogP contribution in [0.1, 0.15) is 13.8 Å². The van der Waals surface area contributed by atoms with E-state index < -0.39 is 0 Å². The van der Waals surface area contributed by atoms with Crippen LogP contribution in [0.5, 0.6) is 5.75 Å². The van der Waals surface area contributed by atoms with Gasteiger partial charge in [-0.05, 0) is 12.1 Å². The molecule has 1 aromatic rings. The fourth-order valence-corrected chi connectivity index (χ4v) is 0.851. The molecule has 68 valence electrons. The molecule has 1 aromatic carbocycles. The summed E-state index contributed by atoms with van der Waals surface area (Å²) in [5.74, 6) is 0.880. The van der Waals surface area contributed by atoms with Crippen molar-refractivity contribution in [2.24, 2.45) is 0 Å². The molecular weight excluding hydrogens is 150 g/mol. The highest BCUT2D eigenvalue weighted by Gasteiger charge is 1.95. The van der Waals surface area contributed by atoms with E-state index in [0.29, 0.717) is 0 Å². The van der Waals surface area contributed by atoms with E-state index in [-0.39, 0.29) is 0 Å². The zero-order valence-electron chi connectivity index (χ0n) is 8.22. The summed E-state index contributed by atoms with van der Waals surface area (Å²) in [6.07, 6.45) is 0. The SMILES string of the molecule is CC.CNc1ccccc1OC. The molecule has 0 unspecified atom stereocenters. The van der Waals surface area contributed by atoms with Gasteiger partial charge in [-0.1, -0.05) is 26.0 Å². The Morgan fingerprint density at radius 3 is 2.17 bits per heavy atom. The third-order valence-corrected chi connectivity index (χ3v) is 1.38. The van der Waals surface area contributed by atoms with Crippen LogP contribution in [-0.2, 0) is 0 Å². The Morgan fingerprint density at radius 2 is 1.75 bits per heavy atom. The van der Waals surface area contributed by atoms with Crippen molar-refractivity contribution in [3.63, 3.8) is 0 Å². The van der Waals surface area contributed by atoms with E-state index in [0.717, 1.165) is 11.4 Å². The molecule has 12 heavy (non-hydrogen) atoms. The van der Waals surface area contributed by atoms with Gasteiger partial charge < -0.3 is 10.1 Å². The number of anilines is 1. The van der Waals surface area contributed by atoms with Crippen LogP contribution in [0.15, 0.2) is 24.3 Å². The Kier molecular flexibility index (Phi) is 5.88. The summed E-state index contributed by atoms with van der Waals surface area (Å²) in [5, 5.41) is 3.02. The van der Waals surface area contributed by atoms with Crippen molar-refractivity contribution in [2.45, 2.75) is 13.8 Å². The topological polar surface area (TPSA) is 21.3 Å². The van der Waals surface area contributed by atoms with E-state index in [2.05, 4.69) is 5.32 Å². The lowest BCUT2D eigenvalue weighted by atomic mass is 10.3. The van der Waals surface area contributed by atoms with Gasteiger partial charge in [0.2, 0.25) is 0 Å². The Hall–Kier alpha value is -1.18. The predicted octanol–water partition coefficient (Wildman–Crippen LogP) is 2.76.